The molecule has 124 valence electrons. The Morgan fingerprint density at radius 1 is 1.32 bits per heavy atom. The number of carbonyl (C=O) groups excluding carboxylic acids is 1. The molecule has 0 saturated carbocycles. The molecule has 0 aliphatic rings. The van der Waals surface area contributed by atoms with Crippen LogP contribution in [0.25, 0.3) is 0 Å². The van der Waals surface area contributed by atoms with Crippen LogP contribution >= 0.6 is 11.6 Å². The van der Waals surface area contributed by atoms with Gasteiger partial charge in [-0.3, -0.25) is 4.79 Å². The fourth-order valence-electron chi connectivity index (χ4n) is 1.33. The molecule has 0 fully saturated rings. The second kappa shape index (κ2) is 7.19. The molecule has 0 bridgehead atoms. The number of ether oxygens (including phenoxy) is 1. The van der Waals surface area contributed by atoms with Crippen molar-refractivity contribution >= 4 is 27.3 Å². The van der Waals surface area contributed by atoms with Gasteiger partial charge in [-0.1, -0.05) is 0 Å². The van der Waals surface area contributed by atoms with E-state index in [2.05, 4.69) is 5.32 Å². The molecule has 0 radical (unpaired) electrons. The summed E-state index contributed by atoms with van der Waals surface area (Å²) in [4.78, 5) is 10.3. The van der Waals surface area contributed by atoms with Crippen molar-refractivity contribution in [1.82, 2.24) is 5.32 Å². The van der Waals surface area contributed by atoms with Crippen molar-refractivity contribution in [3.05, 3.63) is 24.3 Å². The Morgan fingerprint density at radius 3 is 2.32 bits per heavy atom. The van der Waals surface area contributed by atoms with Gasteiger partial charge in [-0.15, -0.1) is 11.6 Å². The minimum Gasteiger partial charge on any atom is -0.492 e. The van der Waals surface area contributed by atoms with Crippen LogP contribution in [0.15, 0.2) is 29.2 Å². The first-order valence-corrected chi connectivity index (χ1v) is 7.93. The highest BCUT2D eigenvalue weighted by Crippen LogP contribution is 2.30. The average molecular weight is 360 g/mol. The number of amides is 1. The summed E-state index contributed by atoms with van der Waals surface area (Å²) in [5, 5.41) is 1.78. The Bertz CT molecular complexity index is 614. The molecule has 0 heterocycles. The summed E-state index contributed by atoms with van der Waals surface area (Å²) in [6, 6.07) is 3.81. The van der Waals surface area contributed by atoms with Crippen LogP contribution in [0.3, 0.4) is 0 Å². The first-order chi connectivity index (χ1) is 10.1. The maximum absolute atomic E-state index is 12.3. The first kappa shape index (κ1) is 18.6. The van der Waals surface area contributed by atoms with E-state index in [0.717, 1.165) is 24.3 Å². The molecular formula is C12H13ClF3NO4S. The van der Waals surface area contributed by atoms with Gasteiger partial charge in [0.2, 0.25) is 5.91 Å². The van der Waals surface area contributed by atoms with Gasteiger partial charge >= 0.3 is 5.51 Å². The Labute approximate surface area is 130 Å². The average Bonchev–Trinajstić information content (AvgIpc) is 2.42. The third-order valence-corrected chi connectivity index (χ3v) is 4.17. The maximum Gasteiger partial charge on any atom is 0.501 e. The molecule has 0 aromatic heterocycles. The first-order valence-electron chi connectivity index (χ1n) is 6.01. The van der Waals surface area contributed by atoms with E-state index in [-0.39, 0.29) is 24.8 Å². The van der Waals surface area contributed by atoms with Crippen molar-refractivity contribution in [1.29, 1.82) is 0 Å². The number of sulfone groups is 1. The topological polar surface area (TPSA) is 72.5 Å². The number of halogens is 4. The summed E-state index contributed by atoms with van der Waals surface area (Å²) >= 11 is 5.52. The van der Waals surface area contributed by atoms with Crippen molar-refractivity contribution in [2.24, 2.45) is 0 Å². The Hall–Kier alpha value is -1.48. The van der Waals surface area contributed by atoms with Gasteiger partial charge in [0.1, 0.15) is 17.7 Å². The third-order valence-electron chi connectivity index (χ3n) is 2.47. The molecule has 1 N–H and O–H groups in total. The lowest BCUT2D eigenvalue weighted by molar-refractivity contribution is -0.120. The summed E-state index contributed by atoms with van der Waals surface area (Å²) < 4.78 is 64.4. The molecule has 1 atom stereocenters. The summed E-state index contributed by atoms with van der Waals surface area (Å²) in [5.74, 6) is -0.203. The molecule has 1 rings (SSSR count). The molecule has 0 aliphatic heterocycles. The minimum absolute atomic E-state index is 0.0563. The zero-order valence-electron chi connectivity index (χ0n) is 11.4. The zero-order valence-corrected chi connectivity index (χ0v) is 12.9. The molecule has 1 unspecified atom stereocenters. The van der Waals surface area contributed by atoms with Gasteiger partial charge in [0, 0.05) is 0 Å². The van der Waals surface area contributed by atoms with E-state index in [1.807, 2.05) is 0 Å². The number of carbonyl (C=O) groups is 1. The molecule has 22 heavy (non-hydrogen) atoms. The number of alkyl halides is 4. The number of rotatable bonds is 6. The highest BCUT2D eigenvalue weighted by Gasteiger charge is 2.46. The quantitative estimate of drug-likeness (QED) is 0.623. The summed E-state index contributed by atoms with van der Waals surface area (Å²) in [6.45, 7) is 1.71. The molecular weight excluding hydrogens is 347 g/mol. The maximum atomic E-state index is 12.3. The number of hydrogen-bond acceptors (Lipinski definition) is 4. The Kier molecular flexibility index (Phi) is 6.07. The predicted molar refractivity (Wildman–Crippen MR) is 73.5 cm³/mol. The highest BCUT2D eigenvalue weighted by molar-refractivity contribution is 7.92. The molecule has 1 aromatic rings. The van der Waals surface area contributed by atoms with Crippen LogP contribution < -0.4 is 10.1 Å². The molecule has 0 spiro atoms. The van der Waals surface area contributed by atoms with Crippen LogP contribution in [-0.2, 0) is 14.6 Å². The van der Waals surface area contributed by atoms with Crippen LogP contribution in [0.2, 0.25) is 0 Å². The van der Waals surface area contributed by atoms with Crippen molar-refractivity contribution in [3.8, 4) is 5.75 Å². The second-order valence-corrected chi connectivity index (χ2v) is 6.77. The Morgan fingerprint density at radius 2 is 1.86 bits per heavy atom. The van der Waals surface area contributed by atoms with Crippen LogP contribution in [0.1, 0.15) is 6.92 Å². The zero-order chi connectivity index (χ0) is 17.0. The number of nitrogens with one attached hydrogen (secondary N) is 1. The molecule has 1 aromatic carbocycles. The second-order valence-electron chi connectivity index (χ2n) is 4.18. The van der Waals surface area contributed by atoms with E-state index in [0.29, 0.717) is 0 Å². The molecule has 0 aliphatic carbocycles. The van der Waals surface area contributed by atoms with E-state index < -0.39 is 25.6 Å². The van der Waals surface area contributed by atoms with E-state index in [1.165, 1.54) is 6.92 Å². The molecule has 0 saturated heterocycles. The normalized spacial score (nSPS) is 13.5. The molecule has 10 heteroatoms. The lowest BCUT2D eigenvalue weighted by atomic mass is 10.3. The SMILES string of the molecule is CC(Cl)C(=O)NCCOc1ccc(S(=O)(=O)C(F)(F)F)cc1. The third kappa shape index (κ3) is 4.77. The van der Waals surface area contributed by atoms with Crippen molar-refractivity contribution < 1.29 is 31.1 Å². The van der Waals surface area contributed by atoms with Gasteiger partial charge in [-0.25, -0.2) is 8.42 Å². The van der Waals surface area contributed by atoms with Gasteiger partial charge in [0.05, 0.1) is 11.4 Å². The standard InChI is InChI=1S/C12H13ClF3NO4S/c1-8(13)11(18)17-6-7-21-9-2-4-10(5-3-9)22(19,20)12(14,15)16/h2-5,8H,6-7H2,1H3,(H,17,18). The van der Waals surface area contributed by atoms with E-state index in [9.17, 15) is 26.4 Å². The Balaban J connectivity index is 2.58. The summed E-state index contributed by atoms with van der Waals surface area (Å²) in [7, 11) is -5.37. The largest absolute Gasteiger partial charge is 0.501 e. The predicted octanol–water partition coefficient (Wildman–Crippen LogP) is 2.10. The van der Waals surface area contributed by atoms with Crippen LogP contribution in [0, 0.1) is 0 Å². The van der Waals surface area contributed by atoms with Crippen LogP contribution in [0.5, 0.6) is 5.75 Å². The van der Waals surface area contributed by atoms with Gasteiger partial charge in [-0.2, -0.15) is 13.2 Å². The molecule has 1 amide bonds. The smallest absolute Gasteiger partial charge is 0.492 e. The monoisotopic (exact) mass is 359 g/mol. The van der Waals surface area contributed by atoms with Gasteiger partial charge in [-0.05, 0) is 31.2 Å². The number of hydrogen-bond donors (Lipinski definition) is 1. The van der Waals surface area contributed by atoms with Crippen LogP contribution in [0.4, 0.5) is 13.2 Å². The lowest BCUT2D eigenvalue weighted by Crippen LogP contribution is -2.32. The van der Waals surface area contributed by atoms with Crippen molar-refractivity contribution in [3.63, 3.8) is 0 Å². The lowest BCUT2D eigenvalue weighted by Gasteiger charge is -2.10. The number of benzene rings is 1. The van der Waals surface area contributed by atoms with Crippen molar-refractivity contribution in [2.45, 2.75) is 22.7 Å². The van der Waals surface area contributed by atoms with E-state index in [4.69, 9.17) is 16.3 Å². The van der Waals surface area contributed by atoms with Gasteiger partial charge in [0.15, 0.2) is 0 Å². The minimum atomic E-state index is -5.37. The molecule has 5 nitrogen and oxygen atoms in total. The van der Waals surface area contributed by atoms with Gasteiger partial charge in [0.25, 0.3) is 9.84 Å². The van der Waals surface area contributed by atoms with Crippen LogP contribution in [-0.4, -0.2) is 38.4 Å². The summed E-state index contributed by atoms with van der Waals surface area (Å²) in [6.07, 6.45) is 0. The van der Waals surface area contributed by atoms with E-state index in [1.54, 1.807) is 0 Å². The van der Waals surface area contributed by atoms with Crippen molar-refractivity contribution in [2.75, 3.05) is 13.2 Å². The van der Waals surface area contributed by atoms with E-state index >= 15 is 0 Å². The fraction of sp³-hybridized carbons (Fsp3) is 0.417. The summed E-state index contributed by atoms with van der Waals surface area (Å²) in [5.41, 5.74) is -5.35. The van der Waals surface area contributed by atoms with Gasteiger partial charge < -0.3 is 10.1 Å². The fourth-order valence-corrected chi connectivity index (χ4v) is 2.17. The highest BCUT2D eigenvalue weighted by atomic mass is 35.5.